The van der Waals surface area contributed by atoms with Crippen LogP contribution in [0, 0.1) is 11.6 Å². The van der Waals surface area contributed by atoms with Gasteiger partial charge >= 0.3 is 6.09 Å². The second-order valence-corrected chi connectivity index (χ2v) is 9.41. The molecule has 1 saturated heterocycles. The predicted molar refractivity (Wildman–Crippen MR) is 128 cm³/mol. The molecule has 2 heterocycles. The van der Waals surface area contributed by atoms with Crippen molar-refractivity contribution in [2.75, 3.05) is 19.8 Å². The highest BCUT2D eigenvalue weighted by molar-refractivity contribution is 5.79. The van der Waals surface area contributed by atoms with Gasteiger partial charge in [-0.25, -0.2) is 13.6 Å². The number of hydrogen-bond donors (Lipinski definition) is 0. The summed E-state index contributed by atoms with van der Waals surface area (Å²) in [7, 11) is 0. The third-order valence-corrected chi connectivity index (χ3v) is 7.25. The molecule has 3 aromatic carbocycles. The van der Waals surface area contributed by atoms with E-state index in [1.54, 1.807) is 4.90 Å². The molecular weight excluding hydrogens is 448 g/mol. The molecule has 2 bridgehead atoms. The van der Waals surface area contributed by atoms with Crippen LogP contribution in [0.3, 0.4) is 0 Å². The Morgan fingerprint density at radius 1 is 0.971 bits per heavy atom. The summed E-state index contributed by atoms with van der Waals surface area (Å²) < 4.78 is 39.4. The van der Waals surface area contributed by atoms with Gasteiger partial charge in [-0.2, -0.15) is 0 Å². The quantitative estimate of drug-likeness (QED) is 0.446. The van der Waals surface area contributed by atoms with Crippen molar-refractivity contribution in [2.24, 2.45) is 0 Å². The lowest BCUT2D eigenvalue weighted by Gasteiger charge is -2.44. The fourth-order valence-corrected chi connectivity index (χ4v) is 5.69. The maximum atomic E-state index is 14.2. The van der Waals surface area contributed by atoms with Gasteiger partial charge in [0.05, 0.1) is 25.3 Å². The number of ether oxygens (including phenoxy) is 2. The van der Waals surface area contributed by atoms with Gasteiger partial charge in [0.2, 0.25) is 0 Å². The monoisotopic (exact) mass is 473 g/mol. The van der Waals surface area contributed by atoms with Gasteiger partial charge in [-0.15, -0.1) is 0 Å². The van der Waals surface area contributed by atoms with E-state index in [9.17, 15) is 13.6 Å². The summed E-state index contributed by atoms with van der Waals surface area (Å²) in [4.78, 5) is 15.0. The molecule has 0 saturated carbocycles. The fraction of sp³-hybridized carbons (Fsp3) is 0.276. The van der Waals surface area contributed by atoms with Crippen molar-refractivity contribution in [3.05, 3.63) is 107 Å². The van der Waals surface area contributed by atoms with Crippen LogP contribution >= 0.6 is 0 Å². The minimum atomic E-state index is -0.457. The molecule has 0 radical (unpaired) electrons. The molecule has 1 fully saturated rings. The van der Waals surface area contributed by atoms with Gasteiger partial charge in [0, 0.05) is 5.92 Å². The van der Waals surface area contributed by atoms with E-state index in [-0.39, 0.29) is 30.7 Å². The van der Waals surface area contributed by atoms with Gasteiger partial charge in [0.15, 0.2) is 0 Å². The Hall–Kier alpha value is -3.51. The lowest BCUT2D eigenvalue weighted by atomic mass is 9.90. The van der Waals surface area contributed by atoms with Crippen molar-refractivity contribution in [3.63, 3.8) is 0 Å². The van der Waals surface area contributed by atoms with E-state index in [2.05, 4.69) is 24.3 Å². The van der Waals surface area contributed by atoms with Crippen LogP contribution in [0.25, 0.3) is 11.1 Å². The smallest absolute Gasteiger partial charge is 0.410 e. The Morgan fingerprint density at radius 3 is 2.40 bits per heavy atom. The molecule has 0 spiro atoms. The van der Waals surface area contributed by atoms with Gasteiger partial charge in [0.1, 0.15) is 18.2 Å². The molecule has 4 nitrogen and oxygen atoms in total. The standard InChI is InChI=1S/C29H25F2NO3/c30-20-9-10-28(31)19(14-20)11-18-12-21-15-34-16-22(13-18)32(21)29(33)35-17-27-25-7-3-1-5-23(25)24-6-2-4-8-26(24)27/h1-10,12,14,21-22,27H,11,13,15-17H2. The van der Waals surface area contributed by atoms with Gasteiger partial charge in [0.25, 0.3) is 0 Å². The van der Waals surface area contributed by atoms with Gasteiger partial charge in [-0.3, -0.25) is 4.90 Å². The zero-order chi connectivity index (χ0) is 23.9. The van der Waals surface area contributed by atoms with Crippen LogP contribution in [0.15, 0.2) is 78.4 Å². The summed E-state index contributed by atoms with van der Waals surface area (Å²) in [5.74, 6) is -0.886. The Morgan fingerprint density at radius 2 is 1.69 bits per heavy atom. The van der Waals surface area contributed by atoms with E-state index in [1.807, 2.05) is 30.3 Å². The highest BCUT2D eigenvalue weighted by atomic mass is 19.1. The number of amides is 1. The van der Waals surface area contributed by atoms with Crippen LogP contribution in [0.5, 0.6) is 0 Å². The summed E-state index contributed by atoms with van der Waals surface area (Å²) in [6.45, 7) is 1.01. The number of carbonyl (C=O) groups excluding carboxylic acids is 1. The van der Waals surface area contributed by atoms with E-state index >= 15 is 0 Å². The summed E-state index contributed by atoms with van der Waals surface area (Å²) in [6.07, 6.45) is 2.44. The van der Waals surface area contributed by atoms with Crippen molar-refractivity contribution < 1.29 is 23.0 Å². The zero-order valence-electron chi connectivity index (χ0n) is 19.1. The van der Waals surface area contributed by atoms with Crippen molar-refractivity contribution >= 4 is 6.09 Å². The summed E-state index contributed by atoms with van der Waals surface area (Å²) in [5, 5.41) is 0. The second kappa shape index (κ2) is 8.93. The summed E-state index contributed by atoms with van der Waals surface area (Å²) >= 11 is 0. The molecule has 0 aromatic heterocycles. The number of halogens is 2. The summed E-state index contributed by atoms with van der Waals surface area (Å²) in [6, 6.07) is 19.5. The van der Waals surface area contributed by atoms with E-state index in [4.69, 9.17) is 9.47 Å². The number of carbonyl (C=O) groups is 1. The van der Waals surface area contributed by atoms with E-state index < -0.39 is 11.6 Å². The molecule has 1 aliphatic carbocycles. The normalized spacial score (nSPS) is 20.7. The molecule has 178 valence electrons. The number of benzene rings is 3. The molecule has 6 heteroatoms. The molecule has 2 unspecified atom stereocenters. The number of fused-ring (bicyclic) bond motifs is 5. The van der Waals surface area contributed by atoms with Crippen LogP contribution in [-0.2, 0) is 15.9 Å². The van der Waals surface area contributed by atoms with Crippen molar-refractivity contribution in [3.8, 4) is 11.1 Å². The largest absolute Gasteiger partial charge is 0.448 e. The molecule has 2 atom stereocenters. The molecule has 3 aromatic rings. The lowest BCUT2D eigenvalue weighted by Crippen LogP contribution is -2.56. The molecule has 2 aliphatic heterocycles. The molecule has 6 rings (SSSR count). The number of nitrogens with zero attached hydrogens (tertiary/aromatic N) is 1. The SMILES string of the molecule is O=C(OCC1c2ccccc2-c2ccccc21)N1C2C=C(Cc3cc(F)ccc3F)CC1COC2. The van der Waals surface area contributed by atoms with Gasteiger partial charge in [-0.05, 0) is 58.9 Å². The molecule has 1 amide bonds. The van der Waals surface area contributed by atoms with Crippen molar-refractivity contribution in [1.82, 2.24) is 4.90 Å². The average molecular weight is 474 g/mol. The minimum absolute atomic E-state index is 0.00529. The van der Waals surface area contributed by atoms with Crippen molar-refractivity contribution in [1.29, 1.82) is 0 Å². The maximum absolute atomic E-state index is 14.2. The Labute approximate surface area is 202 Å². The van der Waals surface area contributed by atoms with E-state index in [1.165, 1.54) is 28.3 Å². The third-order valence-electron chi connectivity index (χ3n) is 7.25. The fourth-order valence-electron chi connectivity index (χ4n) is 5.69. The maximum Gasteiger partial charge on any atom is 0.410 e. The number of rotatable bonds is 4. The average Bonchev–Trinajstić information content (AvgIpc) is 3.18. The number of morpholine rings is 1. The predicted octanol–water partition coefficient (Wildman–Crippen LogP) is 5.86. The van der Waals surface area contributed by atoms with Gasteiger partial charge < -0.3 is 9.47 Å². The third kappa shape index (κ3) is 4.02. The van der Waals surface area contributed by atoms with E-state index in [0.717, 1.165) is 17.7 Å². The van der Waals surface area contributed by atoms with Crippen LogP contribution in [-0.4, -0.2) is 42.9 Å². The van der Waals surface area contributed by atoms with Crippen LogP contribution < -0.4 is 0 Å². The summed E-state index contributed by atoms with van der Waals surface area (Å²) in [5.41, 5.74) is 6.01. The molecule has 3 aliphatic rings. The first-order valence-electron chi connectivity index (χ1n) is 11.9. The Kier molecular flexibility index (Phi) is 5.61. The topological polar surface area (TPSA) is 38.8 Å². The zero-order valence-corrected chi connectivity index (χ0v) is 19.1. The Bertz CT molecular complexity index is 1280. The highest BCUT2D eigenvalue weighted by Crippen LogP contribution is 2.44. The molecule has 35 heavy (non-hydrogen) atoms. The Balaban J connectivity index is 1.19. The molecular formula is C29H25F2NO3. The lowest BCUT2D eigenvalue weighted by molar-refractivity contribution is -0.0364. The van der Waals surface area contributed by atoms with E-state index in [0.29, 0.717) is 31.6 Å². The van der Waals surface area contributed by atoms with Gasteiger partial charge in [-0.1, -0.05) is 60.2 Å². The van der Waals surface area contributed by atoms with Crippen molar-refractivity contribution in [2.45, 2.75) is 30.8 Å². The highest BCUT2D eigenvalue weighted by Gasteiger charge is 2.39. The second-order valence-electron chi connectivity index (χ2n) is 9.41. The van der Waals surface area contributed by atoms with Crippen LogP contribution in [0.2, 0.25) is 0 Å². The molecule has 0 N–H and O–H groups in total. The number of hydrogen-bond acceptors (Lipinski definition) is 3. The first kappa shape index (κ1) is 22.0. The first-order valence-corrected chi connectivity index (χ1v) is 11.9. The van der Waals surface area contributed by atoms with Crippen LogP contribution in [0.1, 0.15) is 29.0 Å². The van der Waals surface area contributed by atoms with Crippen LogP contribution in [0.4, 0.5) is 13.6 Å². The first-order chi connectivity index (χ1) is 17.1. The minimum Gasteiger partial charge on any atom is -0.448 e.